The highest BCUT2D eigenvalue weighted by molar-refractivity contribution is 7.91. The fraction of sp³-hybridized carbons (Fsp3) is 0.923. The zero-order valence-electron chi connectivity index (χ0n) is 11.3. The van der Waals surface area contributed by atoms with Crippen LogP contribution in [0.15, 0.2) is 0 Å². The number of carbonyl (C=O) groups is 1. The molecule has 0 atom stereocenters. The Morgan fingerprint density at radius 2 is 1.74 bits per heavy atom. The smallest absolute Gasteiger partial charge is 0.307 e. The van der Waals surface area contributed by atoms with Crippen molar-refractivity contribution in [2.75, 3.05) is 31.1 Å². The Balaban J connectivity index is 1.63. The van der Waals surface area contributed by atoms with Crippen LogP contribution in [-0.2, 0) is 19.4 Å². The van der Waals surface area contributed by atoms with Crippen LogP contribution >= 0.6 is 0 Å². The number of esters is 1. The van der Waals surface area contributed by atoms with Crippen molar-refractivity contribution in [1.82, 2.24) is 4.90 Å². The highest BCUT2D eigenvalue weighted by atomic mass is 32.2. The Morgan fingerprint density at radius 1 is 1.11 bits per heavy atom. The molecule has 0 aromatic rings. The van der Waals surface area contributed by atoms with E-state index in [4.69, 9.17) is 4.74 Å². The monoisotopic (exact) mass is 289 g/mol. The Labute approximate surface area is 115 Å². The van der Waals surface area contributed by atoms with E-state index in [9.17, 15) is 13.2 Å². The van der Waals surface area contributed by atoms with Crippen LogP contribution in [0.1, 0.15) is 38.5 Å². The molecular weight excluding hydrogens is 266 g/mol. The van der Waals surface area contributed by atoms with Crippen LogP contribution in [0.2, 0.25) is 0 Å². The van der Waals surface area contributed by atoms with Gasteiger partial charge in [0.05, 0.1) is 17.9 Å². The third-order valence-electron chi connectivity index (χ3n) is 3.92. The largest absolute Gasteiger partial charge is 0.462 e. The Hall–Kier alpha value is -0.620. The van der Waals surface area contributed by atoms with Gasteiger partial charge in [-0.25, -0.2) is 8.42 Å². The SMILES string of the molecule is O=C(CCN1CCS(=O)(=O)CC1)OC1CCCCC1. The molecule has 0 N–H and O–H groups in total. The molecule has 0 aromatic carbocycles. The zero-order valence-corrected chi connectivity index (χ0v) is 12.2. The molecule has 2 rings (SSSR count). The van der Waals surface area contributed by atoms with Crippen LogP contribution in [0.5, 0.6) is 0 Å². The molecule has 0 unspecified atom stereocenters. The van der Waals surface area contributed by atoms with E-state index >= 15 is 0 Å². The maximum atomic E-state index is 11.7. The first-order valence-corrected chi connectivity index (χ1v) is 8.99. The lowest BCUT2D eigenvalue weighted by atomic mass is 9.98. The molecule has 0 bridgehead atoms. The Bertz CT molecular complexity index is 387. The second-order valence-electron chi connectivity index (χ2n) is 5.49. The van der Waals surface area contributed by atoms with E-state index in [1.54, 1.807) is 0 Å². The first-order valence-electron chi connectivity index (χ1n) is 7.17. The molecule has 2 aliphatic rings. The molecule has 5 nitrogen and oxygen atoms in total. The summed E-state index contributed by atoms with van der Waals surface area (Å²) in [7, 11) is -2.83. The maximum Gasteiger partial charge on any atom is 0.307 e. The summed E-state index contributed by atoms with van der Waals surface area (Å²) in [5.74, 6) is 0.287. The predicted molar refractivity (Wildman–Crippen MR) is 72.7 cm³/mol. The van der Waals surface area contributed by atoms with Crippen LogP contribution in [0.3, 0.4) is 0 Å². The summed E-state index contributed by atoms with van der Waals surface area (Å²) in [4.78, 5) is 13.7. The van der Waals surface area contributed by atoms with Crippen LogP contribution in [0.25, 0.3) is 0 Å². The summed E-state index contributed by atoms with van der Waals surface area (Å²) in [6, 6.07) is 0. The molecule has 1 heterocycles. The first kappa shape index (κ1) is 14.8. The van der Waals surface area contributed by atoms with Crippen molar-refractivity contribution in [1.29, 1.82) is 0 Å². The van der Waals surface area contributed by atoms with Crippen LogP contribution in [-0.4, -0.2) is 56.5 Å². The van der Waals surface area contributed by atoms with Gasteiger partial charge in [0.2, 0.25) is 0 Å². The molecule has 1 saturated heterocycles. The number of hydrogen-bond acceptors (Lipinski definition) is 5. The lowest BCUT2D eigenvalue weighted by Crippen LogP contribution is -2.41. The van der Waals surface area contributed by atoms with Crippen molar-refractivity contribution in [3.05, 3.63) is 0 Å². The predicted octanol–water partition coefficient (Wildman–Crippen LogP) is 0.983. The molecule has 0 aromatic heterocycles. The second-order valence-corrected chi connectivity index (χ2v) is 7.80. The van der Waals surface area contributed by atoms with Crippen LogP contribution < -0.4 is 0 Å². The average molecular weight is 289 g/mol. The van der Waals surface area contributed by atoms with Crippen LogP contribution in [0.4, 0.5) is 0 Å². The average Bonchev–Trinajstić information content (AvgIpc) is 2.39. The van der Waals surface area contributed by atoms with Crippen molar-refractivity contribution >= 4 is 15.8 Å². The second kappa shape index (κ2) is 6.70. The van der Waals surface area contributed by atoms with E-state index in [1.165, 1.54) is 6.42 Å². The number of carbonyl (C=O) groups excluding carboxylic acids is 1. The Morgan fingerprint density at radius 3 is 2.37 bits per heavy atom. The van der Waals surface area contributed by atoms with E-state index < -0.39 is 9.84 Å². The normalized spacial score (nSPS) is 25.1. The minimum atomic E-state index is -2.83. The van der Waals surface area contributed by atoms with E-state index in [2.05, 4.69) is 0 Å². The van der Waals surface area contributed by atoms with Gasteiger partial charge < -0.3 is 9.64 Å². The summed E-state index contributed by atoms with van der Waals surface area (Å²) in [5.41, 5.74) is 0. The minimum Gasteiger partial charge on any atom is -0.462 e. The standard InChI is InChI=1S/C13H23NO4S/c15-13(18-12-4-2-1-3-5-12)6-7-14-8-10-19(16,17)11-9-14/h12H,1-11H2. The number of rotatable bonds is 4. The lowest BCUT2D eigenvalue weighted by Gasteiger charge is -2.26. The van der Waals surface area contributed by atoms with Gasteiger partial charge in [-0.05, 0) is 25.7 Å². The lowest BCUT2D eigenvalue weighted by molar-refractivity contribution is -0.150. The summed E-state index contributed by atoms with van der Waals surface area (Å²) in [6.45, 7) is 1.69. The molecule has 2 fully saturated rings. The third-order valence-corrected chi connectivity index (χ3v) is 5.53. The van der Waals surface area contributed by atoms with Gasteiger partial charge in [-0.2, -0.15) is 0 Å². The van der Waals surface area contributed by atoms with Gasteiger partial charge in [-0.15, -0.1) is 0 Å². The molecule has 0 spiro atoms. The van der Waals surface area contributed by atoms with Crippen molar-refractivity contribution in [2.24, 2.45) is 0 Å². The quantitative estimate of drug-likeness (QED) is 0.722. The summed E-state index contributed by atoms with van der Waals surface area (Å²) >= 11 is 0. The number of hydrogen-bond donors (Lipinski definition) is 0. The van der Waals surface area contributed by atoms with E-state index in [1.807, 2.05) is 4.90 Å². The highest BCUT2D eigenvalue weighted by Crippen LogP contribution is 2.20. The molecule has 1 aliphatic carbocycles. The summed E-state index contributed by atoms with van der Waals surface area (Å²) < 4.78 is 28.0. The summed E-state index contributed by atoms with van der Waals surface area (Å²) in [6.07, 6.45) is 6.03. The van der Waals surface area contributed by atoms with E-state index in [0.29, 0.717) is 26.1 Å². The maximum absolute atomic E-state index is 11.7. The van der Waals surface area contributed by atoms with Gasteiger partial charge in [-0.1, -0.05) is 6.42 Å². The molecule has 1 aliphatic heterocycles. The van der Waals surface area contributed by atoms with Crippen molar-refractivity contribution < 1.29 is 17.9 Å². The van der Waals surface area contributed by atoms with Crippen LogP contribution in [0, 0.1) is 0 Å². The minimum absolute atomic E-state index is 0.114. The molecule has 19 heavy (non-hydrogen) atoms. The fourth-order valence-corrected chi connectivity index (χ4v) is 3.93. The van der Waals surface area contributed by atoms with Crippen molar-refractivity contribution in [3.8, 4) is 0 Å². The van der Waals surface area contributed by atoms with Gasteiger partial charge in [0.25, 0.3) is 0 Å². The molecule has 1 saturated carbocycles. The number of ether oxygens (including phenoxy) is 1. The third kappa shape index (κ3) is 5.10. The molecule has 0 radical (unpaired) electrons. The molecule has 110 valence electrons. The Kier molecular flexibility index (Phi) is 5.21. The molecular formula is C13H23NO4S. The van der Waals surface area contributed by atoms with Gasteiger partial charge >= 0.3 is 5.97 Å². The highest BCUT2D eigenvalue weighted by Gasteiger charge is 2.23. The topological polar surface area (TPSA) is 63.7 Å². The van der Waals surface area contributed by atoms with Gasteiger partial charge in [0, 0.05) is 19.6 Å². The number of nitrogens with zero attached hydrogens (tertiary/aromatic N) is 1. The zero-order chi connectivity index (χ0) is 13.7. The van der Waals surface area contributed by atoms with Gasteiger partial charge in [-0.3, -0.25) is 4.79 Å². The van der Waals surface area contributed by atoms with Crippen molar-refractivity contribution in [2.45, 2.75) is 44.6 Å². The van der Waals surface area contributed by atoms with Gasteiger partial charge in [0.1, 0.15) is 6.10 Å². The van der Waals surface area contributed by atoms with E-state index in [-0.39, 0.29) is 23.6 Å². The van der Waals surface area contributed by atoms with Gasteiger partial charge in [0.15, 0.2) is 9.84 Å². The first-order chi connectivity index (χ1) is 9.05. The summed E-state index contributed by atoms with van der Waals surface area (Å²) in [5, 5.41) is 0. The fourth-order valence-electron chi connectivity index (χ4n) is 2.65. The van der Waals surface area contributed by atoms with E-state index in [0.717, 1.165) is 25.7 Å². The number of sulfone groups is 1. The molecule has 0 amide bonds. The molecule has 6 heteroatoms. The van der Waals surface area contributed by atoms with Crippen molar-refractivity contribution in [3.63, 3.8) is 0 Å².